The second kappa shape index (κ2) is 6.23. The number of carbonyl (C=O) groups excluding carboxylic acids is 1. The fourth-order valence-electron chi connectivity index (χ4n) is 1.95. The third kappa shape index (κ3) is 3.60. The molecule has 0 saturated heterocycles. The van der Waals surface area contributed by atoms with Crippen LogP contribution in [0.15, 0.2) is 28.7 Å². The molecule has 2 rings (SSSR count). The Labute approximate surface area is 118 Å². The Morgan fingerprint density at radius 3 is 2.85 bits per heavy atom. The lowest BCUT2D eigenvalue weighted by molar-refractivity contribution is -0.120. The molecule has 1 aromatic heterocycles. The lowest BCUT2D eigenvalue weighted by Crippen LogP contribution is -2.24. The lowest BCUT2D eigenvalue weighted by Gasteiger charge is -2.05. The molecule has 0 aliphatic carbocycles. The summed E-state index contributed by atoms with van der Waals surface area (Å²) >= 11 is 0. The van der Waals surface area contributed by atoms with Crippen molar-refractivity contribution in [2.75, 3.05) is 7.11 Å². The quantitative estimate of drug-likeness (QED) is 0.907. The molecule has 1 heterocycles. The Bertz CT molecular complexity index is 605. The highest BCUT2D eigenvalue weighted by molar-refractivity contribution is 5.78. The van der Waals surface area contributed by atoms with Crippen molar-refractivity contribution in [3.05, 3.63) is 47.2 Å². The Kier molecular flexibility index (Phi) is 4.40. The van der Waals surface area contributed by atoms with Crippen molar-refractivity contribution in [2.24, 2.45) is 0 Å². The summed E-state index contributed by atoms with van der Waals surface area (Å²) in [6, 6.07) is 7.46. The Morgan fingerprint density at radius 2 is 2.20 bits per heavy atom. The van der Waals surface area contributed by atoms with E-state index in [-0.39, 0.29) is 5.91 Å². The van der Waals surface area contributed by atoms with Gasteiger partial charge in [0.1, 0.15) is 11.5 Å². The number of aryl methyl sites for hydroxylation is 2. The molecule has 1 N–H and O–H groups in total. The van der Waals surface area contributed by atoms with Gasteiger partial charge in [-0.2, -0.15) is 0 Å². The molecule has 0 saturated carbocycles. The lowest BCUT2D eigenvalue weighted by atomic mass is 10.1. The number of rotatable bonds is 5. The van der Waals surface area contributed by atoms with Gasteiger partial charge in [0.15, 0.2) is 5.89 Å². The van der Waals surface area contributed by atoms with Gasteiger partial charge in [0.05, 0.1) is 25.8 Å². The molecule has 0 bridgehead atoms. The first kappa shape index (κ1) is 14.1. The van der Waals surface area contributed by atoms with E-state index in [4.69, 9.17) is 9.15 Å². The highest BCUT2D eigenvalue weighted by Gasteiger charge is 2.09. The summed E-state index contributed by atoms with van der Waals surface area (Å²) in [4.78, 5) is 16.1. The van der Waals surface area contributed by atoms with E-state index in [0.29, 0.717) is 24.6 Å². The van der Waals surface area contributed by atoms with Crippen LogP contribution in [0.25, 0.3) is 0 Å². The van der Waals surface area contributed by atoms with Crippen LogP contribution >= 0.6 is 0 Å². The van der Waals surface area contributed by atoms with E-state index >= 15 is 0 Å². The van der Waals surface area contributed by atoms with Crippen molar-refractivity contribution in [2.45, 2.75) is 26.8 Å². The Balaban J connectivity index is 1.90. The fraction of sp³-hybridized carbons (Fsp3) is 0.333. The molecule has 106 valence electrons. The SMILES string of the molecule is COc1cccc(CC(=O)NCc2oc(C)nc2C)c1. The number of oxazole rings is 1. The molecule has 0 radical (unpaired) electrons. The van der Waals surface area contributed by atoms with Gasteiger partial charge in [-0.05, 0) is 24.6 Å². The highest BCUT2D eigenvalue weighted by atomic mass is 16.5. The summed E-state index contributed by atoms with van der Waals surface area (Å²) in [5, 5.41) is 2.83. The highest BCUT2D eigenvalue weighted by Crippen LogP contribution is 2.13. The summed E-state index contributed by atoms with van der Waals surface area (Å²) in [5.74, 6) is 1.99. The van der Waals surface area contributed by atoms with Crippen LogP contribution in [-0.2, 0) is 17.8 Å². The monoisotopic (exact) mass is 274 g/mol. The van der Waals surface area contributed by atoms with E-state index in [9.17, 15) is 4.79 Å². The second-order valence-corrected chi connectivity index (χ2v) is 4.55. The van der Waals surface area contributed by atoms with Crippen molar-refractivity contribution < 1.29 is 13.9 Å². The van der Waals surface area contributed by atoms with Gasteiger partial charge < -0.3 is 14.5 Å². The van der Waals surface area contributed by atoms with Crippen LogP contribution in [0, 0.1) is 13.8 Å². The van der Waals surface area contributed by atoms with Crippen LogP contribution in [0.5, 0.6) is 5.75 Å². The van der Waals surface area contributed by atoms with Crippen LogP contribution in [0.2, 0.25) is 0 Å². The first-order valence-electron chi connectivity index (χ1n) is 6.41. The summed E-state index contributed by atoms with van der Waals surface area (Å²) < 4.78 is 10.5. The van der Waals surface area contributed by atoms with Gasteiger partial charge >= 0.3 is 0 Å². The molecule has 2 aromatic rings. The van der Waals surface area contributed by atoms with E-state index in [1.165, 1.54) is 0 Å². The number of nitrogens with zero attached hydrogens (tertiary/aromatic N) is 1. The van der Waals surface area contributed by atoms with Gasteiger partial charge in [-0.15, -0.1) is 0 Å². The molecule has 0 atom stereocenters. The molecule has 1 amide bonds. The maximum atomic E-state index is 11.9. The van der Waals surface area contributed by atoms with Crippen LogP contribution in [0.4, 0.5) is 0 Å². The largest absolute Gasteiger partial charge is 0.497 e. The van der Waals surface area contributed by atoms with Gasteiger partial charge in [0.25, 0.3) is 0 Å². The number of hydrogen-bond donors (Lipinski definition) is 1. The Hall–Kier alpha value is -2.30. The zero-order chi connectivity index (χ0) is 14.5. The number of benzene rings is 1. The molecule has 0 aliphatic rings. The molecule has 1 aromatic carbocycles. The first-order valence-corrected chi connectivity index (χ1v) is 6.41. The number of carbonyl (C=O) groups is 1. The maximum absolute atomic E-state index is 11.9. The summed E-state index contributed by atoms with van der Waals surface area (Å²) in [6.07, 6.45) is 0.309. The summed E-state index contributed by atoms with van der Waals surface area (Å²) in [6.45, 7) is 4.00. The average Bonchev–Trinajstić information content (AvgIpc) is 2.75. The van der Waals surface area contributed by atoms with Gasteiger partial charge in [-0.25, -0.2) is 4.98 Å². The molecule has 20 heavy (non-hydrogen) atoms. The number of aromatic nitrogens is 1. The van der Waals surface area contributed by atoms with Crippen molar-refractivity contribution in [1.82, 2.24) is 10.3 Å². The molecule has 5 nitrogen and oxygen atoms in total. The van der Waals surface area contributed by atoms with Gasteiger partial charge in [-0.3, -0.25) is 4.79 Å². The van der Waals surface area contributed by atoms with Crippen molar-refractivity contribution in [3.8, 4) is 5.75 Å². The van der Waals surface area contributed by atoms with Crippen molar-refractivity contribution in [1.29, 1.82) is 0 Å². The predicted octanol–water partition coefficient (Wildman–Crippen LogP) is 2.16. The third-order valence-electron chi connectivity index (χ3n) is 2.94. The zero-order valence-electron chi connectivity index (χ0n) is 11.9. The predicted molar refractivity (Wildman–Crippen MR) is 74.5 cm³/mol. The van der Waals surface area contributed by atoms with Crippen molar-refractivity contribution in [3.63, 3.8) is 0 Å². The van der Waals surface area contributed by atoms with Crippen LogP contribution in [0.1, 0.15) is 22.9 Å². The molecule has 0 unspecified atom stereocenters. The van der Waals surface area contributed by atoms with Crippen molar-refractivity contribution >= 4 is 5.91 Å². The van der Waals surface area contributed by atoms with E-state index < -0.39 is 0 Å². The number of amides is 1. The van der Waals surface area contributed by atoms with Gasteiger partial charge in [0.2, 0.25) is 5.91 Å². The average molecular weight is 274 g/mol. The molecule has 0 fully saturated rings. The minimum Gasteiger partial charge on any atom is -0.497 e. The van der Waals surface area contributed by atoms with E-state index in [1.54, 1.807) is 14.0 Å². The number of ether oxygens (including phenoxy) is 1. The standard InChI is InChI=1S/C15H18N2O3/c1-10-14(20-11(2)17-10)9-16-15(18)8-12-5-4-6-13(7-12)19-3/h4-7H,8-9H2,1-3H3,(H,16,18). The number of nitrogens with one attached hydrogen (secondary N) is 1. The summed E-state index contributed by atoms with van der Waals surface area (Å²) in [7, 11) is 1.61. The summed E-state index contributed by atoms with van der Waals surface area (Å²) in [5.41, 5.74) is 1.72. The molecular weight excluding hydrogens is 256 g/mol. The second-order valence-electron chi connectivity index (χ2n) is 4.55. The number of methoxy groups -OCH3 is 1. The molecule has 5 heteroatoms. The fourth-order valence-corrected chi connectivity index (χ4v) is 1.95. The van der Waals surface area contributed by atoms with Crippen LogP contribution < -0.4 is 10.1 Å². The van der Waals surface area contributed by atoms with Gasteiger partial charge in [-0.1, -0.05) is 12.1 Å². The topological polar surface area (TPSA) is 64.4 Å². The maximum Gasteiger partial charge on any atom is 0.224 e. The molecule has 0 spiro atoms. The molecular formula is C15H18N2O3. The normalized spacial score (nSPS) is 10.3. The Morgan fingerprint density at radius 1 is 1.40 bits per heavy atom. The van der Waals surface area contributed by atoms with Crippen LogP contribution in [0.3, 0.4) is 0 Å². The van der Waals surface area contributed by atoms with Crippen LogP contribution in [-0.4, -0.2) is 18.0 Å². The van der Waals surface area contributed by atoms with E-state index in [1.807, 2.05) is 31.2 Å². The first-order chi connectivity index (χ1) is 9.58. The van der Waals surface area contributed by atoms with Gasteiger partial charge in [0, 0.05) is 6.92 Å². The third-order valence-corrected chi connectivity index (χ3v) is 2.94. The van der Waals surface area contributed by atoms with E-state index in [0.717, 1.165) is 17.0 Å². The zero-order valence-corrected chi connectivity index (χ0v) is 11.9. The smallest absolute Gasteiger partial charge is 0.224 e. The number of hydrogen-bond acceptors (Lipinski definition) is 4. The minimum absolute atomic E-state index is 0.0632. The molecule has 0 aliphatic heterocycles. The minimum atomic E-state index is -0.0632. The van der Waals surface area contributed by atoms with E-state index in [2.05, 4.69) is 10.3 Å².